The third kappa shape index (κ3) is 2.83. The molecule has 1 aromatic heterocycles. The van der Waals surface area contributed by atoms with Crippen LogP contribution in [0, 0.1) is 5.82 Å². The van der Waals surface area contributed by atoms with Crippen molar-refractivity contribution in [2.24, 2.45) is 0 Å². The van der Waals surface area contributed by atoms with Gasteiger partial charge >= 0.3 is 5.97 Å². The number of ether oxygens (including phenoxy) is 1. The van der Waals surface area contributed by atoms with Gasteiger partial charge in [-0.3, -0.25) is 0 Å². The number of nitrogens with zero attached hydrogens (tertiary/aromatic N) is 3. The van der Waals surface area contributed by atoms with E-state index in [1.165, 1.54) is 28.9 Å². The molecule has 106 valence electrons. The molecule has 7 heteroatoms. The zero-order valence-corrected chi connectivity index (χ0v) is 10.9. The van der Waals surface area contributed by atoms with Gasteiger partial charge in [0.05, 0.1) is 19.8 Å². The van der Waals surface area contributed by atoms with Crippen LogP contribution in [0.5, 0.6) is 0 Å². The molecule has 0 aliphatic carbocycles. The van der Waals surface area contributed by atoms with Crippen molar-refractivity contribution in [3.05, 3.63) is 35.8 Å². The SMILES string of the molecule is CCOC(=O)c1nnn(CCO)c1-c1ccc(F)cc1. The molecule has 1 aromatic carbocycles. The predicted molar refractivity (Wildman–Crippen MR) is 68.5 cm³/mol. The summed E-state index contributed by atoms with van der Waals surface area (Å²) < 4.78 is 19.3. The van der Waals surface area contributed by atoms with E-state index in [1.807, 2.05) is 0 Å². The van der Waals surface area contributed by atoms with Crippen molar-refractivity contribution in [2.75, 3.05) is 13.2 Å². The molecule has 0 saturated carbocycles. The Morgan fingerprint density at radius 2 is 2.10 bits per heavy atom. The summed E-state index contributed by atoms with van der Waals surface area (Å²) >= 11 is 0. The molecule has 2 aromatic rings. The van der Waals surface area contributed by atoms with Crippen LogP contribution in [-0.2, 0) is 11.3 Å². The van der Waals surface area contributed by atoms with Gasteiger partial charge in [0.1, 0.15) is 11.5 Å². The van der Waals surface area contributed by atoms with E-state index >= 15 is 0 Å². The van der Waals surface area contributed by atoms with Crippen molar-refractivity contribution < 1.29 is 19.0 Å². The number of aliphatic hydroxyl groups excluding tert-OH is 1. The summed E-state index contributed by atoms with van der Waals surface area (Å²) in [5.41, 5.74) is 1.03. The third-order valence-corrected chi connectivity index (χ3v) is 2.63. The Hall–Kier alpha value is -2.28. The Bertz CT molecular complexity index is 595. The molecule has 0 unspecified atom stereocenters. The number of benzene rings is 1. The van der Waals surface area contributed by atoms with Crippen molar-refractivity contribution in [1.29, 1.82) is 0 Å². The number of hydrogen-bond donors (Lipinski definition) is 1. The van der Waals surface area contributed by atoms with Gasteiger partial charge in [-0.2, -0.15) is 0 Å². The Labute approximate surface area is 114 Å². The third-order valence-electron chi connectivity index (χ3n) is 2.63. The standard InChI is InChI=1S/C13H14FN3O3/c1-2-20-13(19)11-12(17(7-8-18)16-15-11)9-3-5-10(14)6-4-9/h3-6,18H,2,7-8H2,1H3. The average Bonchev–Trinajstić information content (AvgIpc) is 2.84. The van der Waals surface area contributed by atoms with Gasteiger partial charge in [0, 0.05) is 5.56 Å². The summed E-state index contributed by atoms with van der Waals surface area (Å²) in [5, 5.41) is 16.6. The monoisotopic (exact) mass is 279 g/mol. The molecule has 0 atom stereocenters. The van der Waals surface area contributed by atoms with Crippen LogP contribution in [0.25, 0.3) is 11.3 Å². The molecule has 0 aliphatic heterocycles. The lowest BCUT2D eigenvalue weighted by atomic mass is 10.1. The van der Waals surface area contributed by atoms with Crippen LogP contribution >= 0.6 is 0 Å². The molecule has 1 N–H and O–H groups in total. The van der Waals surface area contributed by atoms with Gasteiger partial charge in [-0.1, -0.05) is 5.21 Å². The smallest absolute Gasteiger partial charge is 0.361 e. The molecule has 20 heavy (non-hydrogen) atoms. The second kappa shape index (κ2) is 6.25. The number of halogens is 1. The lowest BCUT2D eigenvalue weighted by Gasteiger charge is -2.07. The first kappa shape index (κ1) is 14.1. The number of rotatable bonds is 5. The van der Waals surface area contributed by atoms with Gasteiger partial charge in [-0.05, 0) is 31.2 Å². The fraction of sp³-hybridized carbons (Fsp3) is 0.308. The van der Waals surface area contributed by atoms with Gasteiger partial charge in [-0.25, -0.2) is 13.9 Å². The van der Waals surface area contributed by atoms with Gasteiger partial charge in [0.2, 0.25) is 0 Å². The first-order valence-electron chi connectivity index (χ1n) is 6.14. The number of carbonyl (C=O) groups excluding carboxylic acids is 1. The lowest BCUT2D eigenvalue weighted by Crippen LogP contribution is -2.09. The minimum Gasteiger partial charge on any atom is -0.461 e. The van der Waals surface area contributed by atoms with E-state index in [-0.39, 0.29) is 31.3 Å². The average molecular weight is 279 g/mol. The second-order valence-corrected chi connectivity index (χ2v) is 3.96. The first-order valence-corrected chi connectivity index (χ1v) is 6.14. The van der Waals surface area contributed by atoms with Crippen LogP contribution in [-0.4, -0.2) is 39.3 Å². The molecule has 6 nitrogen and oxygen atoms in total. The molecule has 0 saturated heterocycles. The largest absolute Gasteiger partial charge is 0.461 e. The highest BCUT2D eigenvalue weighted by Crippen LogP contribution is 2.23. The second-order valence-electron chi connectivity index (χ2n) is 3.96. The number of aromatic nitrogens is 3. The lowest BCUT2D eigenvalue weighted by molar-refractivity contribution is 0.0520. The molecule has 0 spiro atoms. The van der Waals surface area contributed by atoms with E-state index in [1.54, 1.807) is 6.92 Å². The van der Waals surface area contributed by atoms with E-state index < -0.39 is 5.97 Å². The van der Waals surface area contributed by atoms with Crippen LogP contribution in [0.15, 0.2) is 24.3 Å². The highest BCUT2D eigenvalue weighted by Gasteiger charge is 2.22. The topological polar surface area (TPSA) is 77.2 Å². The van der Waals surface area contributed by atoms with E-state index in [2.05, 4.69) is 10.3 Å². The molecular formula is C13H14FN3O3. The highest BCUT2D eigenvalue weighted by molar-refractivity contribution is 5.94. The molecule has 0 bridgehead atoms. The Balaban J connectivity index is 2.49. The fourth-order valence-electron chi connectivity index (χ4n) is 1.79. The molecule has 2 rings (SSSR count). The summed E-state index contributed by atoms with van der Waals surface area (Å²) in [6, 6.07) is 5.59. The normalized spacial score (nSPS) is 10.6. The van der Waals surface area contributed by atoms with Crippen molar-refractivity contribution in [1.82, 2.24) is 15.0 Å². The van der Waals surface area contributed by atoms with Gasteiger partial charge < -0.3 is 9.84 Å². The minimum atomic E-state index is -0.601. The number of carbonyl (C=O) groups is 1. The molecule has 0 aliphatic rings. The molecule has 0 radical (unpaired) electrons. The summed E-state index contributed by atoms with van der Waals surface area (Å²) in [5.74, 6) is -0.983. The van der Waals surface area contributed by atoms with Crippen LogP contribution in [0.1, 0.15) is 17.4 Å². The van der Waals surface area contributed by atoms with Gasteiger partial charge in [0.15, 0.2) is 5.69 Å². The maximum atomic E-state index is 13.0. The van der Waals surface area contributed by atoms with Crippen molar-refractivity contribution in [2.45, 2.75) is 13.5 Å². The Kier molecular flexibility index (Phi) is 4.41. The predicted octanol–water partition coefficient (Wildman–Crippen LogP) is 1.25. The Morgan fingerprint density at radius 1 is 1.40 bits per heavy atom. The molecular weight excluding hydrogens is 265 g/mol. The number of hydrogen-bond acceptors (Lipinski definition) is 5. The van der Waals surface area contributed by atoms with E-state index in [0.717, 1.165) is 0 Å². The van der Waals surface area contributed by atoms with Crippen molar-refractivity contribution in [3.63, 3.8) is 0 Å². The van der Waals surface area contributed by atoms with E-state index in [9.17, 15) is 9.18 Å². The highest BCUT2D eigenvalue weighted by atomic mass is 19.1. The summed E-state index contributed by atoms with van der Waals surface area (Å²) in [6.07, 6.45) is 0. The van der Waals surface area contributed by atoms with Crippen LogP contribution in [0.4, 0.5) is 4.39 Å². The van der Waals surface area contributed by atoms with Gasteiger partial charge in [0.25, 0.3) is 0 Å². The summed E-state index contributed by atoms with van der Waals surface area (Å²) in [7, 11) is 0. The van der Waals surface area contributed by atoms with E-state index in [4.69, 9.17) is 9.84 Å². The zero-order valence-electron chi connectivity index (χ0n) is 10.9. The van der Waals surface area contributed by atoms with E-state index in [0.29, 0.717) is 11.3 Å². The molecule has 0 fully saturated rings. The Morgan fingerprint density at radius 3 is 2.70 bits per heavy atom. The molecule has 1 heterocycles. The summed E-state index contributed by atoms with van der Waals surface area (Å²) in [6.45, 7) is 1.93. The maximum absolute atomic E-state index is 13.0. The van der Waals surface area contributed by atoms with Crippen molar-refractivity contribution >= 4 is 5.97 Å². The number of aliphatic hydroxyl groups is 1. The minimum absolute atomic E-state index is 0.0481. The van der Waals surface area contributed by atoms with Crippen molar-refractivity contribution in [3.8, 4) is 11.3 Å². The molecule has 0 amide bonds. The summed E-state index contributed by atoms with van der Waals surface area (Å²) in [4.78, 5) is 11.8. The van der Waals surface area contributed by atoms with Crippen LogP contribution in [0.2, 0.25) is 0 Å². The van der Waals surface area contributed by atoms with Gasteiger partial charge in [-0.15, -0.1) is 5.10 Å². The van der Waals surface area contributed by atoms with Crippen LogP contribution < -0.4 is 0 Å². The zero-order chi connectivity index (χ0) is 14.5. The first-order chi connectivity index (χ1) is 9.67. The fourth-order valence-corrected chi connectivity index (χ4v) is 1.79. The van der Waals surface area contributed by atoms with Crippen LogP contribution in [0.3, 0.4) is 0 Å². The maximum Gasteiger partial charge on any atom is 0.361 e. The number of esters is 1. The quantitative estimate of drug-likeness (QED) is 0.834.